The fourth-order valence-corrected chi connectivity index (χ4v) is 6.79. The molecule has 1 aromatic heterocycles. The van der Waals surface area contributed by atoms with Gasteiger partial charge in [-0.25, -0.2) is 13.2 Å². The third-order valence-electron chi connectivity index (χ3n) is 6.44. The van der Waals surface area contributed by atoms with Gasteiger partial charge in [-0.2, -0.15) is 0 Å². The molecule has 1 fully saturated rings. The smallest absolute Gasteiger partial charge is 0.340 e. The minimum Gasteiger partial charge on any atom is -0.496 e. The molecule has 4 rings (SSSR count). The fourth-order valence-electron chi connectivity index (χ4n) is 4.70. The van der Waals surface area contributed by atoms with Crippen LogP contribution < -0.4 is 20.4 Å². The summed E-state index contributed by atoms with van der Waals surface area (Å²) in [5.41, 5.74) is 0.338. The van der Waals surface area contributed by atoms with E-state index < -0.39 is 26.9 Å². The van der Waals surface area contributed by atoms with Gasteiger partial charge < -0.3 is 19.2 Å². The number of sulfone groups is 1. The zero-order valence-electron chi connectivity index (χ0n) is 19.1. The van der Waals surface area contributed by atoms with Crippen molar-refractivity contribution in [3.05, 3.63) is 33.2 Å². The lowest BCUT2D eigenvalue weighted by Crippen LogP contribution is -2.47. The molecule has 0 bridgehead atoms. The van der Waals surface area contributed by atoms with Gasteiger partial charge in [0.25, 0.3) is 0 Å². The Morgan fingerprint density at radius 1 is 1.25 bits per heavy atom. The van der Waals surface area contributed by atoms with Crippen molar-refractivity contribution in [1.29, 1.82) is 0 Å². The van der Waals surface area contributed by atoms with Crippen LogP contribution in [0.4, 0.5) is 0 Å². The van der Waals surface area contributed by atoms with E-state index in [2.05, 4.69) is 5.32 Å². The van der Waals surface area contributed by atoms with Crippen molar-refractivity contribution < 1.29 is 27.1 Å². The van der Waals surface area contributed by atoms with Crippen LogP contribution in [0.15, 0.2) is 15.3 Å². The Hall–Kier alpha value is -2.55. The van der Waals surface area contributed by atoms with Crippen LogP contribution >= 0.6 is 0 Å². The van der Waals surface area contributed by atoms with Crippen molar-refractivity contribution in [3.8, 4) is 11.5 Å². The van der Waals surface area contributed by atoms with Gasteiger partial charge in [0.1, 0.15) is 22.7 Å². The van der Waals surface area contributed by atoms with Crippen LogP contribution in [-0.2, 0) is 27.5 Å². The van der Waals surface area contributed by atoms with E-state index in [9.17, 15) is 18.0 Å². The number of hydrogen-bond acceptors (Lipinski definition) is 7. The molecule has 9 heteroatoms. The van der Waals surface area contributed by atoms with E-state index in [1.54, 1.807) is 19.9 Å². The molecule has 0 aliphatic carbocycles. The molecule has 1 N–H and O–H groups in total. The van der Waals surface area contributed by atoms with Crippen LogP contribution in [0.5, 0.6) is 11.5 Å². The highest BCUT2D eigenvalue weighted by molar-refractivity contribution is 7.91. The molecule has 2 aromatic rings. The SMILES string of the molecule is COc1cc2c(c3oc(=O)c(CC(=O)N[C@]4(C)CCS(=O)(=O)C4)c(C)c13)CCC(C)(C)O2. The van der Waals surface area contributed by atoms with Gasteiger partial charge in [-0.05, 0) is 52.5 Å². The van der Waals surface area contributed by atoms with Gasteiger partial charge in [0.15, 0.2) is 9.84 Å². The number of hydrogen-bond donors (Lipinski definition) is 1. The van der Waals surface area contributed by atoms with Crippen LogP contribution in [0.1, 0.15) is 50.3 Å². The maximum absolute atomic E-state index is 12.9. The van der Waals surface area contributed by atoms with E-state index in [0.717, 1.165) is 12.0 Å². The van der Waals surface area contributed by atoms with E-state index in [1.807, 2.05) is 13.8 Å². The number of fused-ring (bicyclic) bond motifs is 3. The summed E-state index contributed by atoms with van der Waals surface area (Å²) in [6.07, 6.45) is 1.61. The molecule has 3 heterocycles. The zero-order chi connectivity index (χ0) is 23.5. The van der Waals surface area contributed by atoms with Crippen molar-refractivity contribution in [2.45, 2.75) is 64.5 Å². The third kappa shape index (κ3) is 4.10. The lowest BCUT2D eigenvalue weighted by Gasteiger charge is -2.33. The highest BCUT2D eigenvalue weighted by Crippen LogP contribution is 2.43. The summed E-state index contributed by atoms with van der Waals surface area (Å²) in [5.74, 6) is 0.665. The van der Waals surface area contributed by atoms with Crippen LogP contribution in [0.3, 0.4) is 0 Å². The van der Waals surface area contributed by atoms with Gasteiger partial charge in [-0.3, -0.25) is 4.79 Å². The summed E-state index contributed by atoms with van der Waals surface area (Å²) in [6.45, 7) is 7.49. The first-order valence-corrected chi connectivity index (χ1v) is 12.5. The van der Waals surface area contributed by atoms with E-state index in [4.69, 9.17) is 13.9 Å². The van der Waals surface area contributed by atoms with Crippen molar-refractivity contribution in [3.63, 3.8) is 0 Å². The average molecular weight is 464 g/mol. The molecular weight excluding hydrogens is 434 g/mol. The molecular formula is C23H29NO7S. The van der Waals surface area contributed by atoms with Crippen molar-refractivity contribution >= 4 is 26.7 Å². The van der Waals surface area contributed by atoms with Crippen LogP contribution in [0, 0.1) is 6.92 Å². The van der Waals surface area contributed by atoms with Gasteiger partial charge in [0, 0.05) is 11.6 Å². The Labute approximate surface area is 187 Å². The van der Waals surface area contributed by atoms with Crippen molar-refractivity contribution in [2.24, 2.45) is 0 Å². The normalized spacial score (nSPS) is 23.4. The predicted molar refractivity (Wildman–Crippen MR) is 120 cm³/mol. The monoisotopic (exact) mass is 463 g/mol. The minimum atomic E-state index is -3.17. The predicted octanol–water partition coefficient (Wildman–Crippen LogP) is 2.45. The summed E-state index contributed by atoms with van der Waals surface area (Å²) < 4.78 is 41.0. The van der Waals surface area contributed by atoms with E-state index in [0.29, 0.717) is 40.9 Å². The standard InChI is InChI=1S/C23H29NO7S/c1-13-15(10-18(25)24-23(4)8-9-32(27,28)12-23)21(26)30-20-14-6-7-22(2,3)31-16(14)11-17(29-5)19(13)20/h11H,6-10,12H2,1-5H3,(H,24,25)/t23-/m1/s1. The first-order chi connectivity index (χ1) is 14.8. The number of ether oxygens (including phenoxy) is 2. The molecule has 1 aromatic carbocycles. The number of carbonyl (C=O) groups excluding carboxylic acids is 1. The highest BCUT2D eigenvalue weighted by atomic mass is 32.2. The average Bonchev–Trinajstić information content (AvgIpc) is 2.95. The molecule has 0 saturated carbocycles. The summed E-state index contributed by atoms with van der Waals surface area (Å²) in [7, 11) is -1.63. The summed E-state index contributed by atoms with van der Waals surface area (Å²) in [6, 6.07) is 1.81. The first-order valence-electron chi connectivity index (χ1n) is 10.7. The van der Waals surface area contributed by atoms with Gasteiger partial charge >= 0.3 is 5.63 Å². The van der Waals surface area contributed by atoms with Gasteiger partial charge in [-0.15, -0.1) is 0 Å². The Morgan fingerprint density at radius 2 is 1.97 bits per heavy atom. The molecule has 1 amide bonds. The topological polar surface area (TPSA) is 112 Å². The molecule has 1 atom stereocenters. The number of benzene rings is 1. The van der Waals surface area contributed by atoms with Crippen LogP contribution in [-0.4, -0.2) is 44.1 Å². The van der Waals surface area contributed by atoms with Gasteiger partial charge in [-0.1, -0.05) is 0 Å². The van der Waals surface area contributed by atoms with E-state index in [-0.39, 0.29) is 29.1 Å². The number of rotatable bonds is 4. The molecule has 0 spiro atoms. The molecule has 1 saturated heterocycles. The second kappa shape index (κ2) is 7.50. The third-order valence-corrected chi connectivity index (χ3v) is 8.34. The summed E-state index contributed by atoms with van der Waals surface area (Å²) in [4.78, 5) is 25.6. The van der Waals surface area contributed by atoms with Crippen molar-refractivity contribution in [1.82, 2.24) is 5.32 Å². The molecule has 32 heavy (non-hydrogen) atoms. The fraction of sp³-hybridized carbons (Fsp3) is 0.565. The molecule has 174 valence electrons. The first kappa shape index (κ1) is 22.6. The molecule has 2 aliphatic heterocycles. The molecule has 8 nitrogen and oxygen atoms in total. The Bertz CT molecular complexity index is 1280. The molecule has 0 unspecified atom stereocenters. The lowest BCUT2D eigenvalue weighted by molar-refractivity contribution is -0.122. The second-order valence-corrected chi connectivity index (χ2v) is 11.9. The summed E-state index contributed by atoms with van der Waals surface area (Å²) >= 11 is 0. The quantitative estimate of drug-likeness (QED) is 0.693. The second-order valence-electron chi connectivity index (χ2n) is 9.74. The Morgan fingerprint density at radius 3 is 2.59 bits per heavy atom. The van der Waals surface area contributed by atoms with E-state index >= 15 is 0 Å². The zero-order valence-corrected chi connectivity index (χ0v) is 19.9. The maximum atomic E-state index is 12.9. The number of methoxy groups -OCH3 is 1. The number of carbonyl (C=O) groups is 1. The molecule has 2 aliphatic rings. The summed E-state index contributed by atoms with van der Waals surface area (Å²) in [5, 5.41) is 3.44. The minimum absolute atomic E-state index is 0.0438. The van der Waals surface area contributed by atoms with Crippen LogP contribution in [0.25, 0.3) is 11.0 Å². The Kier molecular flexibility index (Phi) is 5.31. The lowest BCUT2D eigenvalue weighted by atomic mass is 9.91. The van der Waals surface area contributed by atoms with Gasteiger partial charge in [0.2, 0.25) is 5.91 Å². The van der Waals surface area contributed by atoms with Crippen molar-refractivity contribution in [2.75, 3.05) is 18.6 Å². The largest absolute Gasteiger partial charge is 0.496 e. The number of amides is 1. The molecule has 0 radical (unpaired) electrons. The number of nitrogens with one attached hydrogen (secondary N) is 1. The Balaban J connectivity index is 1.73. The van der Waals surface area contributed by atoms with Gasteiger partial charge in [0.05, 0.1) is 41.5 Å². The number of aryl methyl sites for hydroxylation is 2. The van der Waals surface area contributed by atoms with Crippen LogP contribution in [0.2, 0.25) is 0 Å². The highest BCUT2D eigenvalue weighted by Gasteiger charge is 2.39. The van der Waals surface area contributed by atoms with E-state index in [1.165, 1.54) is 7.11 Å². The maximum Gasteiger partial charge on any atom is 0.340 e.